The van der Waals surface area contributed by atoms with Crippen LogP contribution in [-0.4, -0.2) is 49.1 Å². The van der Waals surface area contributed by atoms with Crippen molar-refractivity contribution in [1.82, 2.24) is 9.88 Å². The van der Waals surface area contributed by atoms with Crippen LogP contribution in [0.1, 0.15) is 21.6 Å². The Kier molecular flexibility index (Phi) is 4.52. The number of methoxy groups -OCH3 is 1. The molecule has 1 aliphatic rings. The molecule has 1 aliphatic heterocycles. The lowest BCUT2D eigenvalue weighted by Crippen LogP contribution is -2.49. The minimum Gasteiger partial charge on any atom is -0.495 e. The lowest BCUT2D eigenvalue weighted by atomic mass is 10.1. The first-order valence-corrected chi connectivity index (χ1v) is 9.34. The van der Waals surface area contributed by atoms with Gasteiger partial charge >= 0.3 is 0 Å². The molecule has 1 amide bonds. The van der Waals surface area contributed by atoms with Crippen molar-refractivity contribution in [2.24, 2.45) is 0 Å². The normalized spacial score (nSPS) is 14.6. The molecule has 3 aromatic rings. The second-order valence-electron chi connectivity index (χ2n) is 7.18. The molecule has 0 unspecified atom stereocenters. The number of carbonyl (C=O) groups is 1. The van der Waals surface area contributed by atoms with Gasteiger partial charge in [-0.25, -0.2) is 0 Å². The molecule has 2 heterocycles. The van der Waals surface area contributed by atoms with Gasteiger partial charge < -0.3 is 19.5 Å². The summed E-state index contributed by atoms with van der Waals surface area (Å²) >= 11 is 0. The third kappa shape index (κ3) is 3.25. The van der Waals surface area contributed by atoms with E-state index in [4.69, 9.17) is 4.74 Å². The summed E-state index contributed by atoms with van der Waals surface area (Å²) in [5, 5.41) is 1.12. The quantitative estimate of drug-likeness (QED) is 0.771. The number of nitrogens with one attached hydrogen (secondary N) is 1. The van der Waals surface area contributed by atoms with E-state index in [9.17, 15) is 4.79 Å². The van der Waals surface area contributed by atoms with Gasteiger partial charge in [0.2, 0.25) is 0 Å². The Labute approximate surface area is 159 Å². The van der Waals surface area contributed by atoms with Gasteiger partial charge in [0.05, 0.1) is 12.8 Å². The lowest BCUT2D eigenvalue weighted by molar-refractivity contribution is 0.0742. The second kappa shape index (κ2) is 6.99. The summed E-state index contributed by atoms with van der Waals surface area (Å²) in [4.78, 5) is 20.5. The third-order valence-corrected chi connectivity index (χ3v) is 5.31. The van der Waals surface area contributed by atoms with Gasteiger partial charge in [0.15, 0.2) is 0 Å². The molecule has 0 radical (unpaired) electrons. The number of hydrogen-bond acceptors (Lipinski definition) is 3. The maximum Gasteiger partial charge on any atom is 0.270 e. The summed E-state index contributed by atoms with van der Waals surface area (Å²) < 4.78 is 5.47. The zero-order chi connectivity index (χ0) is 19.0. The van der Waals surface area contributed by atoms with E-state index < -0.39 is 0 Å². The van der Waals surface area contributed by atoms with Crippen LogP contribution in [0.15, 0.2) is 42.5 Å². The van der Waals surface area contributed by atoms with Crippen molar-refractivity contribution in [3.8, 4) is 5.75 Å². The summed E-state index contributed by atoms with van der Waals surface area (Å²) in [7, 11) is 1.69. The van der Waals surface area contributed by atoms with Crippen LogP contribution in [0.25, 0.3) is 10.9 Å². The van der Waals surface area contributed by atoms with Gasteiger partial charge in [0, 0.05) is 37.1 Å². The fourth-order valence-electron chi connectivity index (χ4n) is 3.93. The summed E-state index contributed by atoms with van der Waals surface area (Å²) in [6.07, 6.45) is 0. The fourth-order valence-corrected chi connectivity index (χ4v) is 3.93. The van der Waals surface area contributed by atoms with Crippen LogP contribution in [0.4, 0.5) is 5.69 Å². The van der Waals surface area contributed by atoms with Crippen LogP contribution in [0.2, 0.25) is 0 Å². The minimum atomic E-state index is 0.0722. The number of aryl methyl sites for hydroxylation is 2. The number of anilines is 1. The maximum atomic E-state index is 13.0. The minimum absolute atomic E-state index is 0.0722. The van der Waals surface area contributed by atoms with Gasteiger partial charge in [0.1, 0.15) is 11.4 Å². The van der Waals surface area contributed by atoms with Gasteiger partial charge in [0.25, 0.3) is 5.91 Å². The maximum absolute atomic E-state index is 13.0. The van der Waals surface area contributed by atoms with Crippen LogP contribution in [-0.2, 0) is 0 Å². The molecular formula is C22H25N3O2. The predicted octanol–water partition coefficient (Wildman–Crippen LogP) is 3.76. The molecule has 1 aromatic heterocycles. The Morgan fingerprint density at radius 1 is 1.04 bits per heavy atom. The number of H-pyrrole nitrogens is 1. The van der Waals surface area contributed by atoms with Crippen molar-refractivity contribution in [2.75, 3.05) is 38.2 Å². The number of hydrogen-bond donors (Lipinski definition) is 1. The van der Waals surface area contributed by atoms with Crippen molar-refractivity contribution >= 4 is 22.5 Å². The number of carbonyl (C=O) groups excluding carboxylic acids is 1. The number of piperazine rings is 1. The summed E-state index contributed by atoms with van der Waals surface area (Å²) in [5.41, 5.74) is 5.18. The number of aromatic amines is 1. The number of fused-ring (bicyclic) bond motifs is 1. The first-order chi connectivity index (χ1) is 13.1. The van der Waals surface area contributed by atoms with E-state index in [1.165, 1.54) is 11.1 Å². The predicted molar refractivity (Wildman–Crippen MR) is 109 cm³/mol. The smallest absolute Gasteiger partial charge is 0.270 e. The summed E-state index contributed by atoms with van der Waals surface area (Å²) in [5.74, 6) is 0.946. The number of ether oxygens (including phenoxy) is 1. The van der Waals surface area contributed by atoms with E-state index in [0.717, 1.165) is 35.4 Å². The monoisotopic (exact) mass is 363 g/mol. The van der Waals surface area contributed by atoms with Crippen molar-refractivity contribution in [3.63, 3.8) is 0 Å². The molecule has 4 rings (SSSR count). The molecule has 0 aliphatic carbocycles. The van der Waals surface area contributed by atoms with Crippen LogP contribution in [0.5, 0.6) is 5.75 Å². The second-order valence-corrected chi connectivity index (χ2v) is 7.18. The van der Waals surface area contributed by atoms with Gasteiger partial charge in [-0.05, 0) is 49.2 Å². The number of nitrogens with zero attached hydrogens (tertiary/aromatic N) is 2. The molecule has 5 nitrogen and oxygen atoms in total. The SMILES string of the molecule is COc1ccccc1N1CCN(C(=O)c2cc3c(C)cc(C)cc3[nH]2)CC1. The van der Waals surface area contributed by atoms with Gasteiger partial charge in [-0.3, -0.25) is 4.79 Å². The Morgan fingerprint density at radius 3 is 2.52 bits per heavy atom. The first kappa shape index (κ1) is 17.5. The molecule has 1 N–H and O–H groups in total. The largest absolute Gasteiger partial charge is 0.495 e. The van der Waals surface area contributed by atoms with Gasteiger partial charge in [-0.15, -0.1) is 0 Å². The zero-order valence-electron chi connectivity index (χ0n) is 16.1. The number of amides is 1. The highest BCUT2D eigenvalue weighted by Crippen LogP contribution is 2.29. The van der Waals surface area contributed by atoms with E-state index in [0.29, 0.717) is 18.8 Å². The molecule has 2 aromatic carbocycles. The van der Waals surface area contributed by atoms with Gasteiger partial charge in [-0.2, -0.15) is 0 Å². The Hall–Kier alpha value is -2.95. The van der Waals surface area contributed by atoms with Gasteiger partial charge in [-0.1, -0.05) is 18.2 Å². The molecule has 1 fully saturated rings. The molecule has 5 heteroatoms. The fraction of sp³-hybridized carbons (Fsp3) is 0.318. The van der Waals surface area contributed by atoms with Crippen molar-refractivity contribution in [2.45, 2.75) is 13.8 Å². The molecule has 27 heavy (non-hydrogen) atoms. The topological polar surface area (TPSA) is 48.6 Å². The Morgan fingerprint density at radius 2 is 1.78 bits per heavy atom. The summed E-state index contributed by atoms with van der Waals surface area (Å²) in [6.45, 7) is 7.15. The molecule has 0 spiro atoms. The van der Waals surface area contributed by atoms with Crippen molar-refractivity contribution in [3.05, 3.63) is 59.3 Å². The van der Waals surface area contributed by atoms with E-state index >= 15 is 0 Å². The molecular weight excluding hydrogens is 338 g/mol. The molecule has 0 saturated carbocycles. The van der Waals surface area contributed by atoms with Crippen molar-refractivity contribution in [1.29, 1.82) is 0 Å². The lowest BCUT2D eigenvalue weighted by Gasteiger charge is -2.36. The number of rotatable bonds is 3. The summed E-state index contributed by atoms with van der Waals surface area (Å²) in [6, 6.07) is 14.3. The van der Waals surface area contributed by atoms with Crippen LogP contribution >= 0.6 is 0 Å². The molecule has 140 valence electrons. The van der Waals surface area contributed by atoms with E-state index in [-0.39, 0.29) is 5.91 Å². The van der Waals surface area contributed by atoms with Crippen molar-refractivity contribution < 1.29 is 9.53 Å². The third-order valence-electron chi connectivity index (χ3n) is 5.31. The zero-order valence-corrected chi connectivity index (χ0v) is 16.1. The molecule has 0 atom stereocenters. The van der Waals surface area contributed by atoms with E-state index in [2.05, 4.69) is 41.9 Å². The Balaban J connectivity index is 1.50. The number of aromatic nitrogens is 1. The number of benzene rings is 2. The van der Waals surface area contributed by atoms with Crippen LogP contribution < -0.4 is 9.64 Å². The van der Waals surface area contributed by atoms with Crippen LogP contribution in [0.3, 0.4) is 0 Å². The van der Waals surface area contributed by atoms with E-state index in [1.54, 1.807) is 7.11 Å². The average molecular weight is 363 g/mol. The standard InChI is InChI=1S/C22H25N3O2/c1-15-12-16(2)17-14-19(23-18(17)13-15)22(26)25-10-8-24(9-11-25)20-6-4-5-7-21(20)27-3/h4-7,12-14,23H,8-11H2,1-3H3. The Bertz CT molecular complexity index is 984. The average Bonchev–Trinajstić information content (AvgIpc) is 3.12. The highest BCUT2D eigenvalue weighted by atomic mass is 16.5. The molecule has 1 saturated heterocycles. The highest BCUT2D eigenvalue weighted by molar-refractivity contribution is 5.99. The van der Waals surface area contributed by atoms with E-state index in [1.807, 2.05) is 29.2 Å². The highest BCUT2D eigenvalue weighted by Gasteiger charge is 2.24. The van der Waals surface area contributed by atoms with Crippen LogP contribution in [0, 0.1) is 13.8 Å². The molecule has 0 bridgehead atoms. The first-order valence-electron chi connectivity index (χ1n) is 9.34. The number of para-hydroxylation sites is 2.